The summed E-state index contributed by atoms with van der Waals surface area (Å²) in [4.78, 5) is 51.3. The van der Waals surface area contributed by atoms with Crippen LogP contribution in [0.5, 0.6) is 5.75 Å². The van der Waals surface area contributed by atoms with Crippen molar-refractivity contribution in [3.05, 3.63) is 161 Å². The van der Waals surface area contributed by atoms with Crippen molar-refractivity contribution in [3.8, 4) is 5.75 Å². The van der Waals surface area contributed by atoms with Gasteiger partial charge in [-0.15, -0.1) is 11.8 Å². The summed E-state index contributed by atoms with van der Waals surface area (Å²) in [6, 6.07) is 37.1. The predicted molar refractivity (Wildman–Crippen MR) is 192 cm³/mol. The van der Waals surface area contributed by atoms with Crippen molar-refractivity contribution in [1.82, 2.24) is 5.32 Å². The summed E-state index contributed by atoms with van der Waals surface area (Å²) in [5.41, 5.74) is 3.85. The number of benzene rings is 5. The number of thioether (sulfide) groups is 1. The number of amides is 3. The standard InChI is InChI=1S/C39H33N3O6S/c1-26-15-18-30(39(46)47)22-34(26)41-36(43)25-49-33-14-8-13-31(23-33)40-38(45)35(42-37(44)29-11-6-3-7-12-29)21-27-16-19-32(20-17-27)48-24-28-9-4-2-5-10-28/h2-23H,24-25H2,1H3,(H,40,45)(H,41,43)(H,42,44)(H,46,47)/b35-21+. The van der Waals surface area contributed by atoms with Gasteiger partial charge in [-0.25, -0.2) is 4.79 Å². The second-order valence-electron chi connectivity index (χ2n) is 10.9. The van der Waals surface area contributed by atoms with E-state index in [1.165, 1.54) is 23.9 Å². The molecule has 0 spiro atoms. The largest absolute Gasteiger partial charge is 0.489 e. The van der Waals surface area contributed by atoms with Crippen LogP contribution in [-0.4, -0.2) is 34.6 Å². The summed E-state index contributed by atoms with van der Waals surface area (Å²) in [5.74, 6) is -1.66. The summed E-state index contributed by atoms with van der Waals surface area (Å²) in [6.07, 6.45) is 1.58. The van der Waals surface area contributed by atoms with Crippen molar-refractivity contribution < 1.29 is 29.0 Å². The van der Waals surface area contributed by atoms with Crippen molar-refractivity contribution in [3.63, 3.8) is 0 Å². The molecule has 3 amide bonds. The van der Waals surface area contributed by atoms with E-state index in [2.05, 4.69) is 16.0 Å². The molecule has 0 aromatic heterocycles. The minimum atomic E-state index is -1.08. The first kappa shape index (κ1) is 34.2. The number of ether oxygens (including phenoxy) is 1. The first-order valence-corrected chi connectivity index (χ1v) is 16.2. The number of carbonyl (C=O) groups is 4. The van der Waals surface area contributed by atoms with E-state index in [0.29, 0.717) is 39.8 Å². The predicted octanol–water partition coefficient (Wildman–Crippen LogP) is 7.41. The highest BCUT2D eigenvalue weighted by Gasteiger charge is 2.16. The molecule has 0 aliphatic carbocycles. The Labute approximate surface area is 288 Å². The monoisotopic (exact) mass is 671 g/mol. The van der Waals surface area contributed by atoms with E-state index in [1.54, 1.807) is 97.9 Å². The Bertz CT molecular complexity index is 1980. The normalized spacial score (nSPS) is 10.9. The van der Waals surface area contributed by atoms with Crippen LogP contribution in [-0.2, 0) is 16.2 Å². The van der Waals surface area contributed by atoms with Crippen LogP contribution >= 0.6 is 11.8 Å². The van der Waals surface area contributed by atoms with E-state index in [1.807, 2.05) is 30.3 Å². The Hall–Kier alpha value is -6.13. The van der Waals surface area contributed by atoms with Gasteiger partial charge in [-0.2, -0.15) is 0 Å². The molecule has 0 fully saturated rings. The number of anilines is 2. The summed E-state index contributed by atoms with van der Waals surface area (Å²) in [7, 11) is 0. The lowest BCUT2D eigenvalue weighted by atomic mass is 10.1. The lowest BCUT2D eigenvalue weighted by Gasteiger charge is -2.13. The molecular weight excluding hydrogens is 639 g/mol. The van der Waals surface area contributed by atoms with E-state index in [9.17, 15) is 24.3 Å². The van der Waals surface area contributed by atoms with Gasteiger partial charge in [0.1, 0.15) is 18.1 Å². The number of rotatable bonds is 13. The van der Waals surface area contributed by atoms with Crippen molar-refractivity contribution in [2.75, 3.05) is 16.4 Å². The minimum Gasteiger partial charge on any atom is -0.489 e. The van der Waals surface area contributed by atoms with Crippen LogP contribution in [0.15, 0.2) is 138 Å². The zero-order valence-electron chi connectivity index (χ0n) is 26.5. The quantitative estimate of drug-likeness (QED) is 0.0757. The highest BCUT2D eigenvalue weighted by molar-refractivity contribution is 8.00. The number of carboxylic acid groups (broad SMARTS) is 1. The molecule has 0 heterocycles. The molecule has 0 saturated heterocycles. The summed E-state index contributed by atoms with van der Waals surface area (Å²) >= 11 is 1.25. The summed E-state index contributed by atoms with van der Waals surface area (Å²) in [5, 5.41) is 17.6. The van der Waals surface area contributed by atoms with Crippen LogP contribution in [0, 0.1) is 6.92 Å². The van der Waals surface area contributed by atoms with Gasteiger partial charge in [0, 0.05) is 21.8 Å². The molecule has 246 valence electrons. The first-order valence-electron chi connectivity index (χ1n) is 15.3. The number of aryl methyl sites for hydroxylation is 1. The lowest BCUT2D eigenvalue weighted by molar-refractivity contribution is -0.114. The topological polar surface area (TPSA) is 134 Å². The number of hydrogen-bond donors (Lipinski definition) is 4. The number of carbonyl (C=O) groups excluding carboxylic acids is 3. The second kappa shape index (κ2) is 16.6. The number of aromatic carboxylic acids is 1. The van der Waals surface area contributed by atoms with Gasteiger partial charge < -0.3 is 25.8 Å². The van der Waals surface area contributed by atoms with Crippen LogP contribution in [0.4, 0.5) is 11.4 Å². The van der Waals surface area contributed by atoms with Crippen molar-refractivity contribution in [2.24, 2.45) is 0 Å². The van der Waals surface area contributed by atoms with Crippen molar-refractivity contribution in [1.29, 1.82) is 0 Å². The van der Waals surface area contributed by atoms with Gasteiger partial charge in [-0.1, -0.05) is 72.8 Å². The number of carboxylic acids is 1. The first-order chi connectivity index (χ1) is 23.7. The Kier molecular flexibility index (Phi) is 11.6. The Morgan fingerprint density at radius 3 is 2.18 bits per heavy atom. The molecule has 0 bridgehead atoms. The zero-order valence-corrected chi connectivity index (χ0v) is 27.3. The van der Waals surface area contributed by atoms with Gasteiger partial charge in [0.2, 0.25) is 5.91 Å². The smallest absolute Gasteiger partial charge is 0.335 e. The molecular formula is C39H33N3O6S. The van der Waals surface area contributed by atoms with E-state index >= 15 is 0 Å². The number of hydrogen-bond acceptors (Lipinski definition) is 6. The summed E-state index contributed by atoms with van der Waals surface area (Å²) < 4.78 is 5.88. The fourth-order valence-corrected chi connectivity index (χ4v) is 5.35. The third-order valence-electron chi connectivity index (χ3n) is 7.19. The van der Waals surface area contributed by atoms with E-state index in [-0.39, 0.29) is 22.9 Å². The molecule has 5 aromatic carbocycles. The maximum Gasteiger partial charge on any atom is 0.335 e. The second-order valence-corrected chi connectivity index (χ2v) is 11.9. The van der Waals surface area contributed by atoms with Crippen LogP contribution in [0.1, 0.15) is 37.4 Å². The molecule has 0 unspecified atom stereocenters. The van der Waals surface area contributed by atoms with E-state index < -0.39 is 17.8 Å². The average molecular weight is 672 g/mol. The van der Waals surface area contributed by atoms with Gasteiger partial charge in [0.15, 0.2) is 0 Å². The van der Waals surface area contributed by atoms with Crippen LogP contribution in [0.2, 0.25) is 0 Å². The molecule has 9 nitrogen and oxygen atoms in total. The van der Waals surface area contributed by atoms with Crippen LogP contribution < -0.4 is 20.7 Å². The highest BCUT2D eigenvalue weighted by atomic mass is 32.2. The SMILES string of the molecule is Cc1ccc(C(=O)O)cc1NC(=O)CSc1cccc(NC(=O)/C(=C\c2ccc(OCc3ccccc3)cc2)NC(=O)c2ccccc2)c1. The highest BCUT2D eigenvalue weighted by Crippen LogP contribution is 2.24. The van der Waals surface area contributed by atoms with Gasteiger partial charge in [-0.05, 0) is 84.3 Å². The molecule has 0 atom stereocenters. The minimum absolute atomic E-state index is 0.0307. The van der Waals surface area contributed by atoms with E-state index in [4.69, 9.17) is 4.74 Å². The Morgan fingerprint density at radius 2 is 1.47 bits per heavy atom. The summed E-state index contributed by atoms with van der Waals surface area (Å²) in [6.45, 7) is 2.20. The number of nitrogens with one attached hydrogen (secondary N) is 3. The molecule has 0 saturated carbocycles. The molecule has 0 aliphatic rings. The average Bonchev–Trinajstić information content (AvgIpc) is 3.12. The zero-order chi connectivity index (χ0) is 34.6. The molecule has 4 N–H and O–H groups in total. The Morgan fingerprint density at radius 1 is 0.755 bits per heavy atom. The van der Waals surface area contributed by atoms with Gasteiger partial charge in [-0.3, -0.25) is 14.4 Å². The molecule has 5 aromatic rings. The van der Waals surface area contributed by atoms with Gasteiger partial charge in [0.05, 0.1) is 11.3 Å². The fraction of sp³-hybridized carbons (Fsp3) is 0.0769. The molecule has 49 heavy (non-hydrogen) atoms. The Balaban J connectivity index is 1.26. The third kappa shape index (κ3) is 10.2. The van der Waals surface area contributed by atoms with E-state index in [0.717, 1.165) is 11.1 Å². The molecule has 5 rings (SSSR count). The maximum atomic E-state index is 13.6. The lowest BCUT2D eigenvalue weighted by Crippen LogP contribution is -2.30. The molecule has 0 aliphatic heterocycles. The maximum absolute atomic E-state index is 13.6. The van der Waals surface area contributed by atoms with Crippen molar-refractivity contribution >= 4 is 52.9 Å². The van der Waals surface area contributed by atoms with Crippen LogP contribution in [0.25, 0.3) is 6.08 Å². The molecule has 0 radical (unpaired) electrons. The van der Waals surface area contributed by atoms with Crippen molar-refractivity contribution in [2.45, 2.75) is 18.4 Å². The van der Waals surface area contributed by atoms with Crippen LogP contribution in [0.3, 0.4) is 0 Å². The van der Waals surface area contributed by atoms with Gasteiger partial charge >= 0.3 is 5.97 Å². The van der Waals surface area contributed by atoms with Gasteiger partial charge in [0.25, 0.3) is 11.8 Å². The third-order valence-corrected chi connectivity index (χ3v) is 8.18. The fourth-order valence-electron chi connectivity index (χ4n) is 4.60. The molecule has 10 heteroatoms.